The first-order valence-electron chi connectivity index (χ1n) is 6.75. The molecule has 0 bridgehead atoms. The van der Waals surface area contributed by atoms with Crippen molar-refractivity contribution in [2.24, 2.45) is 5.92 Å². The van der Waals surface area contributed by atoms with E-state index in [4.69, 9.17) is 0 Å². The van der Waals surface area contributed by atoms with Crippen molar-refractivity contribution in [3.63, 3.8) is 0 Å². The molecule has 0 atom stereocenters. The van der Waals surface area contributed by atoms with Crippen LogP contribution < -0.4 is 5.32 Å². The van der Waals surface area contributed by atoms with Crippen molar-refractivity contribution >= 4 is 17.7 Å². The molecule has 4 heteroatoms. The van der Waals surface area contributed by atoms with Gasteiger partial charge in [-0.3, -0.25) is 4.79 Å². The molecule has 0 radical (unpaired) electrons. The Bertz CT molecular complexity index is 215. The van der Waals surface area contributed by atoms with Crippen LogP contribution >= 0.6 is 11.8 Å². The van der Waals surface area contributed by atoms with E-state index in [0.717, 1.165) is 50.7 Å². The van der Waals surface area contributed by atoms with Gasteiger partial charge in [0.05, 0.1) is 0 Å². The molecule has 0 aliphatic carbocycles. The summed E-state index contributed by atoms with van der Waals surface area (Å²) in [6.45, 7) is 6.24. The summed E-state index contributed by atoms with van der Waals surface area (Å²) in [5.41, 5.74) is 0. The third-order valence-corrected chi connectivity index (χ3v) is 4.09. The van der Waals surface area contributed by atoms with Crippen molar-refractivity contribution in [2.75, 3.05) is 38.2 Å². The largest absolute Gasteiger partial charge is 0.343 e. The Morgan fingerprint density at radius 1 is 1.41 bits per heavy atom. The minimum absolute atomic E-state index is 0.362. The van der Waals surface area contributed by atoms with Gasteiger partial charge in [0.25, 0.3) is 0 Å². The number of thioether (sulfide) groups is 1. The van der Waals surface area contributed by atoms with E-state index < -0.39 is 0 Å². The number of amides is 1. The second-order valence-electron chi connectivity index (χ2n) is 4.73. The zero-order chi connectivity index (χ0) is 12.5. The third kappa shape index (κ3) is 5.77. The fourth-order valence-corrected chi connectivity index (χ4v) is 2.69. The van der Waals surface area contributed by atoms with Crippen molar-refractivity contribution < 1.29 is 4.79 Å². The third-order valence-electron chi connectivity index (χ3n) is 3.39. The lowest BCUT2D eigenvalue weighted by atomic mass is 9.96. The Balaban J connectivity index is 2.15. The van der Waals surface area contributed by atoms with Gasteiger partial charge >= 0.3 is 0 Å². The van der Waals surface area contributed by atoms with Crippen LogP contribution in [0, 0.1) is 5.92 Å². The number of hydrogen-bond acceptors (Lipinski definition) is 3. The first-order valence-corrected chi connectivity index (χ1v) is 8.14. The summed E-state index contributed by atoms with van der Waals surface area (Å²) in [4.78, 5) is 14.0. The Morgan fingerprint density at radius 3 is 2.71 bits per heavy atom. The molecule has 17 heavy (non-hydrogen) atoms. The van der Waals surface area contributed by atoms with E-state index in [2.05, 4.69) is 23.4 Å². The summed E-state index contributed by atoms with van der Waals surface area (Å²) in [7, 11) is 0. The van der Waals surface area contributed by atoms with E-state index in [1.807, 2.05) is 11.8 Å². The van der Waals surface area contributed by atoms with Crippen molar-refractivity contribution in [3.05, 3.63) is 0 Å². The lowest BCUT2D eigenvalue weighted by Gasteiger charge is -2.32. The van der Waals surface area contributed by atoms with Crippen LogP contribution in [0.4, 0.5) is 0 Å². The van der Waals surface area contributed by atoms with Crippen LogP contribution in [0.5, 0.6) is 0 Å². The van der Waals surface area contributed by atoms with Crippen LogP contribution in [0.1, 0.15) is 32.6 Å². The quantitative estimate of drug-likeness (QED) is 0.709. The van der Waals surface area contributed by atoms with Crippen LogP contribution in [0.3, 0.4) is 0 Å². The van der Waals surface area contributed by atoms with Crippen LogP contribution in [0.15, 0.2) is 0 Å². The molecular weight excluding hydrogens is 232 g/mol. The van der Waals surface area contributed by atoms with Gasteiger partial charge in [0.1, 0.15) is 0 Å². The number of nitrogens with one attached hydrogen (secondary N) is 1. The summed E-state index contributed by atoms with van der Waals surface area (Å²) in [5, 5.41) is 3.40. The normalized spacial score (nSPS) is 17.4. The summed E-state index contributed by atoms with van der Waals surface area (Å²) < 4.78 is 0. The van der Waals surface area contributed by atoms with Gasteiger partial charge in [-0.25, -0.2) is 0 Å². The highest BCUT2D eigenvalue weighted by molar-refractivity contribution is 7.98. The summed E-state index contributed by atoms with van der Waals surface area (Å²) >= 11 is 1.82. The molecule has 0 aromatic heterocycles. The highest BCUT2D eigenvalue weighted by Crippen LogP contribution is 2.17. The monoisotopic (exact) mass is 258 g/mol. The molecule has 1 aliphatic heterocycles. The predicted octanol–water partition coefficient (Wildman–Crippen LogP) is 1.98. The SMILES string of the molecule is CCNCC1CCN(C(=O)CCCSC)CC1. The van der Waals surface area contributed by atoms with Crippen LogP contribution in [0.25, 0.3) is 0 Å². The van der Waals surface area contributed by atoms with Gasteiger partial charge < -0.3 is 10.2 Å². The molecule has 100 valence electrons. The lowest BCUT2D eigenvalue weighted by molar-refractivity contribution is -0.132. The molecule has 1 fully saturated rings. The number of nitrogens with zero attached hydrogens (tertiary/aromatic N) is 1. The van der Waals surface area contributed by atoms with Crippen molar-refractivity contribution in [2.45, 2.75) is 32.6 Å². The fraction of sp³-hybridized carbons (Fsp3) is 0.923. The van der Waals surface area contributed by atoms with Crippen LogP contribution in [-0.4, -0.2) is 49.0 Å². The number of piperidine rings is 1. The average molecular weight is 258 g/mol. The van der Waals surface area contributed by atoms with Gasteiger partial charge in [0.15, 0.2) is 0 Å². The molecule has 1 rings (SSSR count). The second kappa shape index (κ2) is 8.81. The molecule has 1 N–H and O–H groups in total. The predicted molar refractivity (Wildman–Crippen MR) is 75.5 cm³/mol. The minimum Gasteiger partial charge on any atom is -0.343 e. The summed E-state index contributed by atoms with van der Waals surface area (Å²) in [5.74, 6) is 2.23. The first-order chi connectivity index (χ1) is 8.27. The van der Waals surface area contributed by atoms with E-state index in [1.165, 1.54) is 12.8 Å². The van der Waals surface area contributed by atoms with Gasteiger partial charge in [-0.05, 0) is 50.3 Å². The molecule has 3 nitrogen and oxygen atoms in total. The van der Waals surface area contributed by atoms with E-state index in [0.29, 0.717) is 5.91 Å². The van der Waals surface area contributed by atoms with Crippen molar-refractivity contribution in [1.82, 2.24) is 10.2 Å². The molecular formula is C13H26N2OS. The zero-order valence-corrected chi connectivity index (χ0v) is 12.0. The molecule has 0 saturated carbocycles. The van der Waals surface area contributed by atoms with Crippen LogP contribution in [-0.2, 0) is 4.79 Å². The van der Waals surface area contributed by atoms with E-state index in [1.54, 1.807) is 0 Å². The Hall–Kier alpha value is -0.220. The van der Waals surface area contributed by atoms with E-state index >= 15 is 0 Å². The lowest BCUT2D eigenvalue weighted by Crippen LogP contribution is -2.40. The standard InChI is InChI=1S/C13H26N2OS/c1-3-14-11-12-6-8-15(9-7-12)13(16)5-4-10-17-2/h12,14H,3-11H2,1-2H3. The van der Waals surface area contributed by atoms with Gasteiger partial charge in [-0.15, -0.1) is 0 Å². The Kier molecular flexibility index (Phi) is 7.69. The second-order valence-corrected chi connectivity index (χ2v) is 5.71. The number of carbonyl (C=O) groups excluding carboxylic acids is 1. The maximum Gasteiger partial charge on any atom is 0.222 e. The minimum atomic E-state index is 0.362. The molecule has 1 saturated heterocycles. The van der Waals surface area contributed by atoms with E-state index in [9.17, 15) is 4.79 Å². The zero-order valence-electron chi connectivity index (χ0n) is 11.2. The smallest absolute Gasteiger partial charge is 0.222 e. The molecule has 1 amide bonds. The summed E-state index contributed by atoms with van der Waals surface area (Å²) in [6, 6.07) is 0. The molecule has 0 aromatic carbocycles. The number of likely N-dealkylation sites (tertiary alicyclic amines) is 1. The topological polar surface area (TPSA) is 32.3 Å². The van der Waals surface area contributed by atoms with E-state index in [-0.39, 0.29) is 0 Å². The Labute approximate surface area is 110 Å². The van der Waals surface area contributed by atoms with Crippen LogP contribution in [0.2, 0.25) is 0 Å². The number of hydrogen-bond donors (Lipinski definition) is 1. The molecule has 1 aliphatic rings. The highest BCUT2D eigenvalue weighted by Gasteiger charge is 2.21. The average Bonchev–Trinajstić information content (AvgIpc) is 2.37. The summed E-state index contributed by atoms with van der Waals surface area (Å²) in [6.07, 6.45) is 6.19. The van der Waals surface area contributed by atoms with Gasteiger partial charge in [-0.1, -0.05) is 6.92 Å². The fourth-order valence-electron chi connectivity index (χ4n) is 2.26. The maximum atomic E-state index is 11.9. The van der Waals surface area contributed by atoms with Gasteiger partial charge in [0, 0.05) is 19.5 Å². The van der Waals surface area contributed by atoms with Crippen molar-refractivity contribution in [1.29, 1.82) is 0 Å². The molecule has 1 heterocycles. The number of carbonyl (C=O) groups is 1. The van der Waals surface area contributed by atoms with Gasteiger partial charge in [0.2, 0.25) is 5.91 Å². The Morgan fingerprint density at radius 2 is 2.12 bits per heavy atom. The molecule has 0 spiro atoms. The maximum absolute atomic E-state index is 11.9. The first kappa shape index (κ1) is 14.8. The van der Waals surface area contributed by atoms with Gasteiger partial charge in [-0.2, -0.15) is 11.8 Å². The highest BCUT2D eigenvalue weighted by atomic mass is 32.2. The van der Waals surface area contributed by atoms with Crippen molar-refractivity contribution in [3.8, 4) is 0 Å². The molecule has 0 aromatic rings. The molecule has 0 unspecified atom stereocenters. The number of rotatable bonds is 7.